The van der Waals surface area contributed by atoms with Gasteiger partial charge in [0.2, 0.25) is 0 Å². The van der Waals surface area contributed by atoms with Crippen LogP contribution in [0.3, 0.4) is 0 Å². The van der Waals surface area contributed by atoms with Crippen LogP contribution in [0.1, 0.15) is 24.8 Å². The van der Waals surface area contributed by atoms with Crippen LogP contribution in [0.5, 0.6) is 11.5 Å². The lowest BCUT2D eigenvalue weighted by Gasteiger charge is -2.18. The Labute approximate surface area is 98.8 Å². The molecule has 0 radical (unpaired) electrons. The number of allylic oxidation sites excluding steroid dienone is 2. The Morgan fingerprint density at radius 2 is 2.00 bits per heavy atom. The van der Waals surface area contributed by atoms with Gasteiger partial charge in [0.05, 0.1) is 5.92 Å². The fourth-order valence-electron chi connectivity index (χ4n) is 2.04. The van der Waals surface area contributed by atoms with E-state index in [1.165, 1.54) is 12.1 Å². The normalized spacial score (nSPS) is 19.8. The van der Waals surface area contributed by atoms with Crippen molar-refractivity contribution in [2.75, 3.05) is 0 Å². The van der Waals surface area contributed by atoms with Crippen molar-refractivity contribution < 1.29 is 20.1 Å². The maximum Gasteiger partial charge on any atom is 0.306 e. The van der Waals surface area contributed by atoms with Crippen molar-refractivity contribution in [3.05, 3.63) is 29.8 Å². The topological polar surface area (TPSA) is 77.8 Å². The van der Waals surface area contributed by atoms with Crippen molar-refractivity contribution in [2.45, 2.75) is 19.3 Å². The second kappa shape index (κ2) is 4.49. The lowest BCUT2D eigenvalue weighted by molar-refractivity contribution is -0.141. The summed E-state index contributed by atoms with van der Waals surface area (Å²) < 4.78 is 0. The van der Waals surface area contributed by atoms with Gasteiger partial charge >= 0.3 is 5.97 Å². The Kier molecular flexibility index (Phi) is 3.04. The molecule has 0 saturated carbocycles. The van der Waals surface area contributed by atoms with E-state index in [4.69, 9.17) is 5.11 Å². The van der Waals surface area contributed by atoms with Crippen molar-refractivity contribution in [3.8, 4) is 11.5 Å². The van der Waals surface area contributed by atoms with Gasteiger partial charge in [0.25, 0.3) is 0 Å². The molecule has 90 valence electrons. The molecule has 0 heterocycles. The average molecular weight is 234 g/mol. The number of rotatable bonds is 2. The minimum absolute atomic E-state index is 0.145. The number of phenols is 2. The van der Waals surface area contributed by atoms with Crippen molar-refractivity contribution in [2.24, 2.45) is 5.92 Å². The fourth-order valence-corrected chi connectivity index (χ4v) is 2.04. The van der Waals surface area contributed by atoms with E-state index >= 15 is 0 Å². The average Bonchev–Trinajstić information content (AvgIpc) is 2.33. The SMILES string of the molecule is O=C(O)C1CC=C(c2ccc(O)c(O)c2)CC1. The predicted molar refractivity (Wildman–Crippen MR) is 62.7 cm³/mol. The molecule has 1 aromatic carbocycles. The molecule has 0 bridgehead atoms. The smallest absolute Gasteiger partial charge is 0.306 e. The van der Waals surface area contributed by atoms with Crippen LogP contribution < -0.4 is 0 Å². The molecule has 1 atom stereocenters. The van der Waals surface area contributed by atoms with Gasteiger partial charge in [-0.15, -0.1) is 0 Å². The summed E-state index contributed by atoms with van der Waals surface area (Å²) in [5.41, 5.74) is 1.86. The van der Waals surface area contributed by atoms with Gasteiger partial charge in [-0.1, -0.05) is 12.1 Å². The third-order valence-corrected chi connectivity index (χ3v) is 3.11. The molecular formula is C13H14O4. The highest BCUT2D eigenvalue weighted by Gasteiger charge is 2.21. The van der Waals surface area contributed by atoms with Crippen LogP contribution in [0.15, 0.2) is 24.3 Å². The summed E-state index contributed by atoms with van der Waals surface area (Å²) in [6.45, 7) is 0. The van der Waals surface area contributed by atoms with E-state index in [1.54, 1.807) is 6.07 Å². The number of carbonyl (C=O) groups is 1. The van der Waals surface area contributed by atoms with E-state index in [1.807, 2.05) is 6.08 Å². The summed E-state index contributed by atoms with van der Waals surface area (Å²) in [6.07, 6.45) is 3.71. The van der Waals surface area contributed by atoms with Crippen molar-refractivity contribution in [1.29, 1.82) is 0 Å². The minimum Gasteiger partial charge on any atom is -0.504 e. The molecule has 17 heavy (non-hydrogen) atoms. The molecule has 1 aromatic rings. The first-order valence-corrected chi connectivity index (χ1v) is 5.52. The Balaban J connectivity index is 2.19. The van der Waals surface area contributed by atoms with Crippen LogP contribution in [-0.4, -0.2) is 21.3 Å². The maximum absolute atomic E-state index is 10.8. The molecule has 1 aliphatic rings. The van der Waals surface area contributed by atoms with E-state index in [0.29, 0.717) is 19.3 Å². The molecule has 0 aliphatic heterocycles. The van der Waals surface area contributed by atoms with Gasteiger partial charge in [-0.25, -0.2) is 0 Å². The second-order valence-corrected chi connectivity index (χ2v) is 4.24. The van der Waals surface area contributed by atoms with Crippen LogP contribution in [0.25, 0.3) is 5.57 Å². The highest BCUT2D eigenvalue weighted by molar-refractivity contribution is 5.74. The predicted octanol–water partition coefficient (Wildman–Crippen LogP) is 2.37. The first kappa shape index (κ1) is 11.5. The number of hydrogen-bond donors (Lipinski definition) is 3. The molecule has 2 rings (SSSR count). The van der Waals surface area contributed by atoms with Gasteiger partial charge in [-0.05, 0) is 42.5 Å². The van der Waals surface area contributed by atoms with Gasteiger partial charge in [0.15, 0.2) is 11.5 Å². The van der Waals surface area contributed by atoms with Crippen LogP contribution in [0.4, 0.5) is 0 Å². The first-order valence-electron chi connectivity index (χ1n) is 5.52. The van der Waals surface area contributed by atoms with Crippen molar-refractivity contribution in [3.63, 3.8) is 0 Å². The Hall–Kier alpha value is -1.97. The number of aromatic hydroxyl groups is 2. The summed E-state index contributed by atoms with van der Waals surface area (Å²) in [4.78, 5) is 10.8. The number of carboxylic acids is 1. The highest BCUT2D eigenvalue weighted by Crippen LogP contribution is 2.34. The van der Waals surface area contributed by atoms with Crippen molar-refractivity contribution in [1.82, 2.24) is 0 Å². The summed E-state index contributed by atoms with van der Waals surface area (Å²) in [5, 5.41) is 27.5. The monoisotopic (exact) mass is 234 g/mol. The number of phenolic OH excluding ortho intramolecular Hbond substituents is 2. The lowest BCUT2D eigenvalue weighted by Crippen LogP contribution is -2.15. The summed E-state index contributed by atoms with van der Waals surface area (Å²) in [5.74, 6) is -1.35. The molecule has 1 unspecified atom stereocenters. The summed E-state index contributed by atoms with van der Waals surface area (Å²) >= 11 is 0. The van der Waals surface area contributed by atoms with Crippen LogP contribution in [-0.2, 0) is 4.79 Å². The molecule has 0 amide bonds. The zero-order chi connectivity index (χ0) is 12.4. The number of hydrogen-bond acceptors (Lipinski definition) is 3. The standard InChI is InChI=1S/C13H14O4/c14-11-6-5-10(7-12(11)15)8-1-3-9(4-2-8)13(16)17/h1,5-7,9,14-15H,2-4H2,(H,16,17). The fraction of sp³-hybridized carbons (Fsp3) is 0.308. The molecule has 4 heteroatoms. The first-order chi connectivity index (χ1) is 8.08. The molecule has 0 saturated heterocycles. The minimum atomic E-state index is -0.756. The maximum atomic E-state index is 10.8. The number of carboxylic acid groups (broad SMARTS) is 1. The van der Waals surface area contributed by atoms with Gasteiger partial charge in [-0.2, -0.15) is 0 Å². The number of benzene rings is 1. The third-order valence-electron chi connectivity index (χ3n) is 3.11. The largest absolute Gasteiger partial charge is 0.504 e. The lowest BCUT2D eigenvalue weighted by atomic mass is 9.86. The summed E-state index contributed by atoms with van der Waals surface area (Å²) in [6, 6.07) is 4.67. The molecule has 0 spiro atoms. The van der Waals surface area contributed by atoms with Gasteiger partial charge in [0, 0.05) is 0 Å². The van der Waals surface area contributed by atoms with E-state index < -0.39 is 5.97 Å². The van der Waals surface area contributed by atoms with Crippen LogP contribution in [0.2, 0.25) is 0 Å². The van der Waals surface area contributed by atoms with Gasteiger partial charge in [-0.3, -0.25) is 4.79 Å². The zero-order valence-electron chi connectivity index (χ0n) is 9.26. The highest BCUT2D eigenvalue weighted by atomic mass is 16.4. The van der Waals surface area contributed by atoms with E-state index in [0.717, 1.165) is 11.1 Å². The third kappa shape index (κ3) is 2.41. The Morgan fingerprint density at radius 3 is 2.53 bits per heavy atom. The summed E-state index contributed by atoms with van der Waals surface area (Å²) in [7, 11) is 0. The molecule has 4 nitrogen and oxygen atoms in total. The molecule has 1 aliphatic carbocycles. The van der Waals surface area contributed by atoms with Crippen LogP contribution >= 0.6 is 0 Å². The Bertz CT molecular complexity index is 476. The molecular weight excluding hydrogens is 220 g/mol. The van der Waals surface area contributed by atoms with Crippen LogP contribution in [0, 0.1) is 5.92 Å². The van der Waals surface area contributed by atoms with E-state index in [2.05, 4.69) is 0 Å². The Morgan fingerprint density at radius 1 is 1.24 bits per heavy atom. The quantitative estimate of drug-likeness (QED) is 0.686. The van der Waals surface area contributed by atoms with Gasteiger partial charge < -0.3 is 15.3 Å². The van der Waals surface area contributed by atoms with Gasteiger partial charge in [0.1, 0.15) is 0 Å². The van der Waals surface area contributed by atoms with E-state index in [9.17, 15) is 15.0 Å². The number of aliphatic carboxylic acids is 1. The zero-order valence-corrected chi connectivity index (χ0v) is 9.26. The second-order valence-electron chi connectivity index (χ2n) is 4.24. The molecule has 3 N–H and O–H groups in total. The van der Waals surface area contributed by atoms with Crippen molar-refractivity contribution >= 4 is 11.5 Å². The molecule has 0 fully saturated rings. The van der Waals surface area contributed by atoms with E-state index in [-0.39, 0.29) is 17.4 Å². The molecule has 0 aromatic heterocycles.